The molecule has 0 bridgehead atoms. The monoisotopic (exact) mass is 310 g/mol. The summed E-state index contributed by atoms with van der Waals surface area (Å²) in [6.45, 7) is 0. The summed E-state index contributed by atoms with van der Waals surface area (Å²) in [5, 5.41) is 11.1. The van der Waals surface area contributed by atoms with Crippen LogP contribution in [0.25, 0.3) is 0 Å². The first-order chi connectivity index (χ1) is 10.7. The van der Waals surface area contributed by atoms with Gasteiger partial charge in [0.2, 0.25) is 0 Å². The van der Waals surface area contributed by atoms with E-state index < -0.39 is 7.37 Å². The van der Waals surface area contributed by atoms with E-state index in [4.69, 9.17) is 4.52 Å². The zero-order valence-corrected chi connectivity index (χ0v) is 12.7. The Kier molecular flexibility index (Phi) is 3.99. The van der Waals surface area contributed by atoms with Crippen LogP contribution in [-0.4, -0.2) is 5.11 Å². The van der Waals surface area contributed by atoms with Gasteiger partial charge in [-0.3, -0.25) is 4.57 Å². The third-order valence-electron chi connectivity index (χ3n) is 3.28. The molecule has 0 aromatic heterocycles. The summed E-state index contributed by atoms with van der Waals surface area (Å²) in [6.07, 6.45) is 0. The smallest absolute Gasteiger partial charge is 0.306 e. The molecule has 0 aliphatic heterocycles. The molecule has 0 saturated heterocycles. The van der Waals surface area contributed by atoms with Crippen LogP contribution in [0.1, 0.15) is 0 Å². The molecule has 3 rings (SSSR count). The lowest BCUT2D eigenvalue weighted by molar-refractivity contribution is 0.434. The molecule has 0 radical (unpaired) electrons. The van der Waals surface area contributed by atoms with E-state index in [2.05, 4.69) is 0 Å². The molecule has 3 aromatic carbocycles. The second-order valence-electron chi connectivity index (χ2n) is 4.78. The molecule has 0 spiro atoms. The topological polar surface area (TPSA) is 46.5 Å². The highest BCUT2D eigenvalue weighted by atomic mass is 31.2. The minimum Gasteiger partial charge on any atom is -0.504 e. The Bertz CT molecular complexity index is 757. The van der Waals surface area contributed by atoms with E-state index in [-0.39, 0.29) is 11.5 Å². The number of phenols is 1. The average molecular weight is 310 g/mol. The van der Waals surface area contributed by atoms with Crippen molar-refractivity contribution in [2.45, 2.75) is 0 Å². The van der Waals surface area contributed by atoms with Crippen molar-refractivity contribution in [1.29, 1.82) is 0 Å². The molecule has 1 N–H and O–H groups in total. The predicted octanol–water partition coefficient (Wildman–Crippen LogP) is 3.70. The van der Waals surface area contributed by atoms with Crippen LogP contribution in [0.15, 0.2) is 84.9 Å². The Balaban J connectivity index is 2.13. The molecule has 0 aliphatic rings. The zero-order valence-electron chi connectivity index (χ0n) is 11.8. The molecule has 0 fully saturated rings. The van der Waals surface area contributed by atoms with Gasteiger partial charge < -0.3 is 9.63 Å². The third-order valence-corrected chi connectivity index (χ3v) is 5.69. The van der Waals surface area contributed by atoms with Crippen molar-refractivity contribution in [3.63, 3.8) is 0 Å². The molecular weight excluding hydrogens is 295 g/mol. The largest absolute Gasteiger partial charge is 0.504 e. The number of hydrogen-bond acceptors (Lipinski definition) is 3. The lowest BCUT2D eigenvalue weighted by atomic mass is 10.3. The van der Waals surface area contributed by atoms with E-state index in [1.807, 2.05) is 36.4 Å². The van der Waals surface area contributed by atoms with E-state index in [9.17, 15) is 9.67 Å². The van der Waals surface area contributed by atoms with Crippen molar-refractivity contribution < 1.29 is 14.2 Å². The van der Waals surface area contributed by atoms with Crippen molar-refractivity contribution in [3.8, 4) is 11.5 Å². The fourth-order valence-corrected chi connectivity index (χ4v) is 4.25. The zero-order chi connectivity index (χ0) is 15.4. The lowest BCUT2D eigenvalue weighted by Gasteiger charge is -2.20. The SMILES string of the molecule is O=P(Oc1ccccc1O)(c1ccccc1)c1ccccc1. The number of phenolic OH excluding ortho intramolecular Hbond substituents is 1. The van der Waals surface area contributed by atoms with Crippen LogP contribution < -0.4 is 15.1 Å². The first-order valence-corrected chi connectivity index (χ1v) is 8.51. The van der Waals surface area contributed by atoms with Crippen LogP contribution >= 0.6 is 7.37 Å². The van der Waals surface area contributed by atoms with E-state index in [1.54, 1.807) is 42.5 Å². The Morgan fingerprint density at radius 3 is 1.64 bits per heavy atom. The Hall–Kier alpha value is -2.51. The molecule has 0 amide bonds. The van der Waals surface area contributed by atoms with Gasteiger partial charge in [-0.1, -0.05) is 48.5 Å². The van der Waals surface area contributed by atoms with Crippen LogP contribution in [-0.2, 0) is 4.57 Å². The van der Waals surface area contributed by atoms with Gasteiger partial charge >= 0.3 is 7.37 Å². The highest BCUT2D eigenvalue weighted by Gasteiger charge is 2.30. The van der Waals surface area contributed by atoms with Gasteiger partial charge in [0, 0.05) is 0 Å². The molecule has 0 atom stereocenters. The van der Waals surface area contributed by atoms with E-state index in [0.29, 0.717) is 10.6 Å². The minimum atomic E-state index is -3.33. The highest BCUT2D eigenvalue weighted by Crippen LogP contribution is 2.47. The van der Waals surface area contributed by atoms with Gasteiger partial charge in [-0.15, -0.1) is 0 Å². The molecule has 4 heteroatoms. The Labute approximate surface area is 129 Å². The molecule has 0 heterocycles. The van der Waals surface area contributed by atoms with Crippen molar-refractivity contribution in [2.75, 3.05) is 0 Å². The van der Waals surface area contributed by atoms with Crippen molar-refractivity contribution in [3.05, 3.63) is 84.9 Å². The fraction of sp³-hybridized carbons (Fsp3) is 0. The average Bonchev–Trinajstić information content (AvgIpc) is 2.58. The number of benzene rings is 3. The third kappa shape index (κ3) is 2.76. The number of hydrogen-bond donors (Lipinski definition) is 1. The van der Waals surface area contributed by atoms with Crippen LogP contribution in [0.3, 0.4) is 0 Å². The summed E-state index contributed by atoms with van der Waals surface area (Å²) in [5.41, 5.74) is 0. The van der Waals surface area contributed by atoms with Gasteiger partial charge in [0.1, 0.15) is 0 Å². The molecule has 0 saturated carbocycles. The highest BCUT2D eigenvalue weighted by molar-refractivity contribution is 7.74. The van der Waals surface area contributed by atoms with Gasteiger partial charge in [-0.2, -0.15) is 0 Å². The van der Waals surface area contributed by atoms with Crippen molar-refractivity contribution in [2.24, 2.45) is 0 Å². The normalized spacial score (nSPS) is 11.1. The summed E-state index contributed by atoms with van der Waals surface area (Å²) in [7, 11) is -3.33. The quantitative estimate of drug-likeness (QED) is 0.747. The number of para-hydroxylation sites is 2. The maximum atomic E-state index is 13.6. The van der Waals surface area contributed by atoms with Crippen LogP contribution in [0.5, 0.6) is 11.5 Å². The fourth-order valence-electron chi connectivity index (χ4n) is 2.18. The van der Waals surface area contributed by atoms with Crippen LogP contribution in [0.4, 0.5) is 0 Å². The maximum absolute atomic E-state index is 13.6. The van der Waals surface area contributed by atoms with Crippen LogP contribution in [0, 0.1) is 0 Å². The van der Waals surface area contributed by atoms with Crippen molar-refractivity contribution >= 4 is 18.0 Å². The second kappa shape index (κ2) is 6.08. The van der Waals surface area contributed by atoms with Gasteiger partial charge in [-0.05, 0) is 36.4 Å². The van der Waals surface area contributed by atoms with Gasteiger partial charge in [0.25, 0.3) is 0 Å². The summed E-state index contributed by atoms with van der Waals surface area (Å²) in [4.78, 5) is 0. The van der Waals surface area contributed by atoms with E-state index in [0.717, 1.165) is 0 Å². The molecule has 3 nitrogen and oxygen atoms in total. The van der Waals surface area contributed by atoms with Gasteiger partial charge in [0.05, 0.1) is 10.6 Å². The molecule has 0 aliphatic carbocycles. The Morgan fingerprint density at radius 2 is 1.14 bits per heavy atom. The summed E-state index contributed by atoms with van der Waals surface area (Å²) in [6, 6.07) is 24.6. The molecule has 3 aromatic rings. The first-order valence-electron chi connectivity index (χ1n) is 6.89. The standard InChI is InChI=1S/C18H15O3P/c19-17-13-7-8-14-18(17)21-22(20,15-9-3-1-4-10-15)16-11-5-2-6-12-16/h1-14,19H. The van der Waals surface area contributed by atoms with Crippen LogP contribution in [0.2, 0.25) is 0 Å². The lowest BCUT2D eigenvalue weighted by Crippen LogP contribution is -2.20. The van der Waals surface area contributed by atoms with Gasteiger partial charge in [0.15, 0.2) is 11.5 Å². The summed E-state index contributed by atoms with van der Waals surface area (Å²) < 4.78 is 19.4. The first kappa shape index (κ1) is 14.4. The second-order valence-corrected chi connectivity index (χ2v) is 7.10. The summed E-state index contributed by atoms with van der Waals surface area (Å²) in [5.74, 6) is 0.174. The number of rotatable bonds is 4. The predicted molar refractivity (Wildman–Crippen MR) is 88.5 cm³/mol. The van der Waals surface area contributed by atoms with E-state index >= 15 is 0 Å². The minimum absolute atomic E-state index is 0.0328. The molecule has 22 heavy (non-hydrogen) atoms. The maximum Gasteiger partial charge on any atom is 0.306 e. The number of aromatic hydroxyl groups is 1. The Morgan fingerprint density at radius 1 is 0.682 bits per heavy atom. The molecular formula is C18H15O3P. The van der Waals surface area contributed by atoms with Gasteiger partial charge in [-0.25, -0.2) is 0 Å². The van der Waals surface area contributed by atoms with Crippen molar-refractivity contribution in [1.82, 2.24) is 0 Å². The molecule has 0 unspecified atom stereocenters. The van der Waals surface area contributed by atoms with E-state index in [1.165, 1.54) is 6.07 Å². The molecule has 110 valence electrons. The summed E-state index contributed by atoms with van der Waals surface area (Å²) >= 11 is 0.